The summed E-state index contributed by atoms with van der Waals surface area (Å²) in [5.74, 6) is -0.126. The van der Waals surface area contributed by atoms with Gasteiger partial charge in [-0.2, -0.15) is 52.7 Å². The summed E-state index contributed by atoms with van der Waals surface area (Å²) in [7, 11) is 1.00. The molecule has 0 saturated carbocycles. The van der Waals surface area contributed by atoms with Gasteiger partial charge in [0.2, 0.25) is 0 Å². The summed E-state index contributed by atoms with van der Waals surface area (Å²) < 4.78 is 152. The van der Waals surface area contributed by atoms with Crippen molar-refractivity contribution in [1.29, 1.82) is 0 Å². The smallest absolute Gasteiger partial charge is 1.00 e. The molecule has 18 N–H and O–H groups in total. The standard InChI is InChI=1S/C20H30F3NO3.C20H26F3NO3.C18H31NO2.C11H11BrF3NO2.C9H12BrNO.C9H16O.C6H15N.C4H5F3O2.C4H8O2.C2H6O.CH2O3.CH4O.2K.H/c2*1-3-10-19(27,11-4-2)12-8-15-6-5-7-16(14-15)17(25)9-13-24-18(26)20(21,22)23;1-3-10-18(21,11-4-2)12-8-15-6-5-7-16(14-15)17(20)9-13-19;12-8-3-1-2-7(6-8)9(17)4-5-16-10(18)11(13,14)15;10-8-3-1-2-7(6-8)9(12)4-5-11;1-4-7-9(10,6-3)8-5-2;1-4-7(5-2)6-3;1-2-9-3(8)4(5,6)7;1-3-6-4(2)5;1-2-3;2-1-4-3;1-2;;;/h5-7,14,17,25,27H,3-4,8-13H2,1-2H3,(H,24,26);5-7,14,17,25,27H,3-4,9-11,13H2,1-2H3,(H,24,26);5-7,14,17,20-21H,3-4,8-13,19H2,1-2H3;1-3,6,9,17H,4-5H2,(H,16,18);1-3,6,9,12H,4-5,11H2;3,10H,4-5,7-8H2,1-2H3;4-6H2,1-3H3;2H2,1H3;3H2,1-2H3;3H,2H2,1H3;1,3H;2H,1H3;;;/q;;;;;;;;;;;;2*+1;-1/p-1. The number of nitrogens with one attached hydrogen (secondary N) is 3. The number of carbonyl (C=O) groups excluding carboxylic acids is 6. The number of ether oxygens (including phenoxy) is 2. The summed E-state index contributed by atoms with van der Waals surface area (Å²) in [6.07, 6.45) is -1.17. The molecule has 0 radical (unpaired) electrons. The van der Waals surface area contributed by atoms with Gasteiger partial charge in [0.25, 0.3) is 6.47 Å². The van der Waals surface area contributed by atoms with Crippen molar-refractivity contribution < 1.29 is 261 Å². The van der Waals surface area contributed by atoms with Gasteiger partial charge < -0.3 is 110 Å². The van der Waals surface area contributed by atoms with E-state index in [9.17, 15) is 123 Å². The van der Waals surface area contributed by atoms with E-state index in [0.29, 0.717) is 80.5 Å². The molecule has 43 heteroatoms. The van der Waals surface area contributed by atoms with Gasteiger partial charge in [0.05, 0.1) is 54.9 Å². The van der Waals surface area contributed by atoms with Gasteiger partial charge in [-0.15, -0.1) is 6.42 Å². The van der Waals surface area contributed by atoms with E-state index in [0.717, 1.165) is 135 Å². The summed E-state index contributed by atoms with van der Waals surface area (Å²) >= 11 is 6.56. The van der Waals surface area contributed by atoms with Crippen molar-refractivity contribution in [2.24, 2.45) is 11.5 Å². The van der Waals surface area contributed by atoms with Gasteiger partial charge in [0.15, 0.2) is 0 Å². The van der Waals surface area contributed by atoms with Crippen molar-refractivity contribution >= 4 is 68.0 Å². The average molecular weight is 2310 g/mol. The second kappa shape index (κ2) is 95.3. The number of aryl methyl sites for hydroxylation is 2. The number of halogens is 14. The van der Waals surface area contributed by atoms with E-state index in [1.54, 1.807) is 96.5 Å². The van der Waals surface area contributed by atoms with Crippen molar-refractivity contribution in [2.45, 2.75) is 342 Å². The van der Waals surface area contributed by atoms with Crippen LogP contribution < -0.4 is 135 Å². The molecule has 0 spiro atoms. The topological polar surface area (TPSA) is 467 Å². The van der Waals surface area contributed by atoms with E-state index in [1.807, 2.05) is 90.1 Å². The molecular weight excluding hydrogens is 2150 g/mol. The largest absolute Gasteiger partial charge is 1.00 e. The zero-order valence-corrected chi connectivity index (χ0v) is 98.9. The third-order valence-electron chi connectivity index (χ3n) is 20.4. The zero-order chi connectivity index (χ0) is 114. The third kappa shape index (κ3) is 86.1. The van der Waals surface area contributed by atoms with Crippen LogP contribution in [0.1, 0.15) is 328 Å². The first-order chi connectivity index (χ1) is 68.4. The van der Waals surface area contributed by atoms with Crippen LogP contribution in [0.3, 0.4) is 0 Å². The second-order valence-corrected chi connectivity index (χ2v) is 34.6. The molecule has 0 aliphatic rings. The number of aliphatic hydroxyl groups is 11. The maximum Gasteiger partial charge on any atom is 1.00 e. The Morgan fingerprint density at radius 2 is 0.709 bits per heavy atom. The third-order valence-corrected chi connectivity index (χ3v) is 21.4. The van der Waals surface area contributed by atoms with Gasteiger partial charge in [-0.05, 0) is 238 Å². The van der Waals surface area contributed by atoms with Crippen LogP contribution in [-0.2, 0) is 56.0 Å². The Balaban J connectivity index is -0.000000186. The molecule has 0 heterocycles. The van der Waals surface area contributed by atoms with Crippen molar-refractivity contribution in [3.8, 4) is 24.2 Å². The number of terminal acetylenes is 1. The monoisotopic (exact) mass is 2310 g/mol. The Morgan fingerprint density at radius 1 is 0.439 bits per heavy atom. The molecule has 0 aliphatic carbocycles. The zero-order valence-electron chi connectivity index (χ0n) is 90.4. The van der Waals surface area contributed by atoms with E-state index in [4.69, 9.17) is 38.2 Å². The molecule has 5 aromatic carbocycles. The number of nitrogens with zero attached hydrogens (tertiary/aromatic N) is 1. The van der Waals surface area contributed by atoms with Gasteiger partial charge in [-0.3, -0.25) is 24.0 Å². The summed E-state index contributed by atoms with van der Waals surface area (Å²) in [4.78, 5) is 65.2. The molecule has 0 aliphatic heterocycles. The Labute approximate surface area is 972 Å². The number of benzene rings is 5. The summed E-state index contributed by atoms with van der Waals surface area (Å²) in [5.41, 5.74) is 13.9. The number of carbonyl (C=O) groups is 6. The first-order valence-corrected chi connectivity index (χ1v) is 50.4. The fourth-order valence-electron chi connectivity index (χ4n) is 13.4. The minimum Gasteiger partial charge on any atom is -1.00 e. The Morgan fingerprint density at radius 3 is 0.932 bits per heavy atom. The van der Waals surface area contributed by atoms with E-state index in [-0.39, 0.29) is 169 Å². The fourth-order valence-corrected chi connectivity index (χ4v) is 14.2. The molecule has 0 fully saturated rings. The Bertz CT molecular complexity index is 4270. The second-order valence-electron chi connectivity index (χ2n) is 32.8. The number of nitrogens with two attached hydrogens (primary N) is 2. The van der Waals surface area contributed by atoms with Crippen LogP contribution in [0.2, 0.25) is 0 Å². The molecule has 5 atom stereocenters. The number of aliphatic hydroxyl groups excluding tert-OH is 7. The molecule has 5 unspecified atom stereocenters. The summed E-state index contributed by atoms with van der Waals surface area (Å²) in [6, 6.07) is 36.3. The Hall–Kier alpha value is -5.17. The molecule has 5 rings (SSSR count). The van der Waals surface area contributed by atoms with Crippen LogP contribution in [0.25, 0.3) is 0 Å². The quantitative estimate of drug-likeness (QED) is 0.00327. The molecule has 3 amide bonds. The van der Waals surface area contributed by atoms with Crippen LogP contribution in [0, 0.1) is 24.2 Å². The maximum absolute atomic E-state index is 12.1. The van der Waals surface area contributed by atoms with Gasteiger partial charge >= 0.3 is 157 Å². The van der Waals surface area contributed by atoms with Crippen LogP contribution >= 0.6 is 31.9 Å². The van der Waals surface area contributed by atoms with Crippen LogP contribution in [0.5, 0.6) is 0 Å². The molecule has 0 aromatic heterocycles. The van der Waals surface area contributed by atoms with Crippen LogP contribution in [-0.4, -0.2) is 224 Å². The summed E-state index contributed by atoms with van der Waals surface area (Å²) in [5, 5.41) is 119. The SMILES string of the molecule is C#CC(O)(CCC)CCC.CCCC(O)(C#Cc1cccc(C(O)CCNC(=O)C(F)(F)F)c1)CCC.CCCC(O)(CCC)CCc1cccc(C(O)CCN)c1.CCCC(O)(CCC)CCc1cccc(C(O)CCNC(=O)C(F)(F)F)c1.CCN(CC)CC.CCO.CCOC(=O)C(F)(F)F.CCOC(C)=O.CO.NCCC(O)c1cccc(Br)c1.O=C(NCCC(O)c1cccc(Br)c1)C(F)(F)F.O=CO[O-].[H-].[K+].[K+]. The van der Waals surface area contributed by atoms with Crippen molar-refractivity contribution in [1.82, 2.24) is 20.9 Å². The molecule has 0 bridgehead atoms. The van der Waals surface area contributed by atoms with Gasteiger partial charge in [-0.25, -0.2) is 4.79 Å². The number of esters is 2. The minimum atomic E-state index is -4.94. The van der Waals surface area contributed by atoms with Gasteiger partial charge in [0, 0.05) is 54.8 Å². The first-order valence-electron chi connectivity index (χ1n) is 48.8. The molecule has 5 aromatic rings. The molecular formula is C105H166Br2F12K2N6O21. The normalized spacial score (nSPS) is 11.9. The number of rotatable bonds is 46. The fraction of sp³-hybridized carbons (Fsp3) is 0.619. The van der Waals surface area contributed by atoms with Gasteiger partial charge in [-0.1, -0.05) is 262 Å². The summed E-state index contributed by atoms with van der Waals surface area (Å²) in [6.45, 7) is 33.1. The molecule has 842 valence electrons. The number of hydrogen-bond acceptors (Lipinski definition) is 24. The molecule has 148 heavy (non-hydrogen) atoms. The van der Waals surface area contributed by atoms with Crippen molar-refractivity contribution in [3.05, 3.63) is 175 Å². The molecule has 27 nitrogen and oxygen atoms in total. The van der Waals surface area contributed by atoms with E-state index in [1.165, 1.54) is 39.0 Å². The Kier molecular flexibility index (Phi) is 103. The molecule has 0 saturated heterocycles. The predicted molar refractivity (Wildman–Crippen MR) is 550 cm³/mol. The van der Waals surface area contributed by atoms with Gasteiger partial charge in [0.1, 0.15) is 11.2 Å². The number of hydrogen-bond donors (Lipinski definition) is 16. The van der Waals surface area contributed by atoms with E-state index >= 15 is 0 Å². The number of amides is 3. The van der Waals surface area contributed by atoms with E-state index < -0.39 is 101 Å². The van der Waals surface area contributed by atoms with Crippen LogP contribution in [0.4, 0.5) is 52.7 Å². The number of alkyl halides is 12. The average Bonchev–Trinajstić information content (AvgIpc) is 0.864. The predicted octanol–water partition coefficient (Wildman–Crippen LogP) is 12.4. The maximum atomic E-state index is 12.1. The van der Waals surface area contributed by atoms with E-state index in [2.05, 4.69) is 110 Å². The minimum absolute atomic E-state index is 0. The van der Waals surface area contributed by atoms with Crippen molar-refractivity contribution in [3.63, 3.8) is 0 Å². The first kappa shape index (κ1) is 160. The van der Waals surface area contributed by atoms with Crippen molar-refractivity contribution in [2.75, 3.05) is 79.3 Å². The van der Waals surface area contributed by atoms with Crippen LogP contribution in [0.15, 0.2) is 130 Å².